The van der Waals surface area contributed by atoms with E-state index in [0.29, 0.717) is 12.8 Å². The molecule has 0 bridgehead atoms. The van der Waals surface area contributed by atoms with E-state index in [1.165, 1.54) is 0 Å². The quantitative estimate of drug-likeness (QED) is 0.722. The van der Waals surface area contributed by atoms with Crippen LogP contribution in [0.2, 0.25) is 0 Å². The fourth-order valence-corrected chi connectivity index (χ4v) is 1.83. The topological polar surface area (TPSA) is 52.9 Å². The van der Waals surface area contributed by atoms with E-state index in [0.717, 1.165) is 19.3 Å². The fraction of sp³-hybridized carbons (Fsp3) is 0.846. The van der Waals surface area contributed by atoms with Gasteiger partial charge in [0.15, 0.2) is 0 Å². The van der Waals surface area contributed by atoms with E-state index in [1.807, 2.05) is 13.8 Å². The summed E-state index contributed by atoms with van der Waals surface area (Å²) in [5.74, 6) is -0.0969. The van der Waals surface area contributed by atoms with Crippen LogP contribution in [0.3, 0.4) is 0 Å². The highest BCUT2D eigenvalue weighted by atomic mass is 16.2. The van der Waals surface area contributed by atoms with E-state index >= 15 is 0 Å². The van der Waals surface area contributed by atoms with Gasteiger partial charge in [0, 0.05) is 6.04 Å². The Labute approximate surface area is 99.2 Å². The first-order valence-electron chi connectivity index (χ1n) is 6.32. The number of nitrogens with zero attached hydrogens (tertiary/aromatic N) is 1. The van der Waals surface area contributed by atoms with Crippen LogP contribution in [0.25, 0.3) is 0 Å². The number of nitriles is 1. The second-order valence-corrected chi connectivity index (χ2v) is 4.27. The molecule has 1 N–H and O–H groups in total. The lowest BCUT2D eigenvalue weighted by molar-refractivity contribution is -0.129. The number of hydrogen-bond donors (Lipinski definition) is 1. The molecular weight excluding hydrogens is 200 g/mol. The second kappa shape index (κ2) is 7.27. The van der Waals surface area contributed by atoms with Gasteiger partial charge in [0.25, 0.3) is 0 Å². The first-order chi connectivity index (χ1) is 7.60. The molecule has 3 heteroatoms. The molecule has 0 radical (unpaired) electrons. The van der Waals surface area contributed by atoms with Crippen molar-refractivity contribution in [3.05, 3.63) is 0 Å². The van der Waals surface area contributed by atoms with E-state index in [4.69, 9.17) is 5.26 Å². The molecule has 16 heavy (non-hydrogen) atoms. The van der Waals surface area contributed by atoms with Crippen molar-refractivity contribution in [2.75, 3.05) is 0 Å². The SMILES string of the molecule is CCCC(CC)NC(=O)C(C#N)(CC)CC. The molecule has 0 aliphatic carbocycles. The zero-order valence-corrected chi connectivity index (χ0v) is 11.0. The Morgan fingerprint density at radius 2 is 1.88 bits per heavy atom. The molecule has 0 spiro atoms. The van der Waals surface area contributed by atoms with Crippen molar-refractivity contribution < 1.29 is 4.79 Å². The maximum atomic E-state index is 12.1. The van der Waals surface area contributed by atoms with E-state index in [9.17, 15) is 4.79 Å². The number of carbonyl (C=O) groups excluding carboxylic acids is 1. The summed E-state index contributed by atoms with van der Waals surface area (Å²) in [6.45, 7) is 7.96. The number of carbonyl (C=O) groups is 1. The lowest BCUT2D eigenvalue weighted by Crippen LogP contribution is -2.44. The van der Waals surface area contributed by atoms with Gasteiger partial charge in [-0.2, -0.15) is 5.26 Å². The lowest BCUT2D eigenvalue weighted by atomic mass is 9.82. The number of amides is 1. The second-order valence-electron chi connectivity index (χ2n) is 4.27. The minimum atomic E-state index is -0.832. The van der Waals surface area contributed by atoms with Gasteiger partial charge in [-0.3, -0.25) is 4.79 Å². The third-order valence-corrected chi connectivity index (χ3v) is 3.32. The largest absolute Gasteiger partial charge is 0.352 e. The van der Waals surface area contributed by atoms with E-state index in [2.05, 4.69) is 25.2 Å². The Bertz CT molecular complexity index is 251. The maximum Gasteiger partial charge on any atom is 0.240 e. The van der Waals surface area contributed by atoms with Gasteiger partial charge in [-0.25, -0.2) is 0 Å². The molecule has 0 saturated heterocycles. The molecule has 0 aliphatic heterocycles. The molecule has 0 aromatic heterocycles. The first kappa shape index (κ1) is 15.0. The summed E-state index contributed by atoms with van der Waals surface area (Å²) in [6, 6.07) is 2.39. The van der Waals surface area contributed by atoms with E-state index < -0.39 is 5.41 Å². The van der Waals surface area contributed by atoms with Crippen LogP contribution in [0.1, 0.15) is 59.8 Å². The van der Waals surface area contributed by atoms with Crippen molar-refractivity contribution in [2.24, 2.45) is 5.41 Å². The van der Waals surface area contributed by atoms with Crippen molar-refractivity contribution >= 4 is 5.91 Å². The standard InChI is InChI=1S/C13H24N2O/c1-5-9-11(6-2)15-12(16)13(7-3,8-4)10-14/h11H,5-9H2,1-4H3,(H,15,16). The molecule has 0 saturated carbocycles. The van der Waals surface area contributed by atoms with Crippen LogP contribution in [0.5, 0.6) is 0 Å². The Morgan fingerprint density at radius 1 is 1.31 bits per heavy atom. The van der Waals surface area contributed by atoms with Crippen molar-refractivity contribution in [1.82, 2.24) is 5.32 Å². The van der Waals surface area contributed by atoms with Crippen LogP contribution < -0.4 is 5.32 Å². The van der Waals surface area contributed by atoms with Gasteiger partial charge in [-0.05, 0) is 25.7 Å². The van der Waals surface area contributed by atoms with Crippen LogP contribution in [0.4, 0.5) is 0 Å². The average molecular weight is 224 g/mol. The van der Waals surface area contributed by atoms with Crippen LogP contribution in [-0.4, -0.2) is 11.9 Å². The number of hydrogen-bond acceptors (Lipinski definition) is 2. The van der Waals surface area contributed by atoms with Gasteiger partial charge >= 0.3 is 0 Å². The van der Waals surface area contributed by atoms with Crippen LogP contribution in [-0.2, 0) is 4.79 Å². The Morgan fingerprint density at radius 3 is 2.19 bits per heavy atom. The summed E-state index contributed by atoms with van der Waals surface area (Å²) in [6.07, 6.45) is 4.12. The molecule has 3 nitrogen and oxygen atoms in total. The molecule has 0 fully saturated rings. The minimum Gasteiger partial charge on any atom is -0.352 e. The summed E-state index contributed by atoms with van der Waals surface area (Å²) in [5.41, 5.74) is -0.832. The maximum absolute atomic E-state index is 12.1. The Balaban J connectivity index is 4.59. The van der Waals surface area contributed by atoms with Gasteiger partial charge in [-0.15, -0.1) is 0 Å². The average Bonchev–Trinajstić information content (AvgIpc) is 2.31. The molecule has 1 amide bonds. The van der Waals surface area contributed by atoms with Crippen molar-refractivity contribution in [3.8, 4) is 6.07 Å². The minimum absolute atomic E-state index is 0.0969. The Hall–Kier alpha value is -1.04. The molecule has 1 unspecified atom stereocenters. The van der Waals surface area contributed by atoms with Crippen LogP contribution in [0.15, 0.2) is 0 Å². The third-order valence-electron chi connectivity index (χ3n) is 3.32. The van der Waals surface area contributed by atoms with Gasteiger partial charge < -0.3 is 5.32 Å². The summed E-state index contributed by atoms with van der Waals surface area (Å²) in [4.78, 5) is 12.1. The molecule has 0 aromatic carbocycles. The summed E-state index contributed by atoms with van der Waals surface area (Å²) in [5, 5.41) is 12.2. The van der Waals surface area contributed by atoms with Crippen molar-refractivity contribution in [1.29, 1.82) is 5.26 Å². The summed E-state index contributed by atoms with van der Waals surface area (Å²) in [7, 11) is 0. The molecule has 1 atom stereocenters. The molecule has 0 rings (SSSR count). The Kier molecular flexibility index (Phi) is 6.80. The normalized spacial score (nSPS) is 12.9. The van der Waals surface area contributed by atoms with E-state index in [-0.39, 0.29) is 11.9 Å². The highest BCUT2D eigenvalue weighted by Crippen LogP contribution is 2.25. The summed E-state index contributed by atoms with van der Waals surface area (Å²) >= 11 is 0. The van der Waals surface area contributed by atoms with Gasteiger partial charge in [0.1, 0.15) is 5.41 Å². The lowest BCUT2D eigenvalue weighted by Gasteiger charge is -2.25. The molecule has 0 heterocycles. The number of nitrogens with one attached hydrogen (secondary N) is 1. The van der Waals surface area contributed by atoms with Crippen LogP contribution in [0, 0.1) is 16.7 Å². The molecule has 0 aliphatic rings. The first-order valence-corrected chi connectivity index (χ1v) is 6.32. The highest BCUT2D eigenvalue weighted by Gasteiger charge is 2.35. The van der Waals surface area contributed by atoms with Gasteiger partial charge in [0.05, 0.1) is 6.07 Å². The predicted octanol–water partition coefficient (Wildman–Crippen LogP) is 3.01. The van der Waals surface area contributed by atoms with Crippen molar-refractivity contribution in [2.45, 2.75) is 65.8 Å². The predicted molar refractivity (Wildman–Crippen MR) is 65.8 cm³/mol. The van der Waals surface area contributed by atoms with Gasteiger partial charge in [-0.1, -0.05) is 34.1 Å². The monoisotopic (exact) mass is 224 g/mol. The zero-order chi connectivity index (χ0) is 12.6. The smallest absolute Gasteiger partial charge is 0.240 e. The molecule has 0 aromatic rings. The third kappa shape index (κ3) is 3.52. The fourth-order valence-electron chi connectivity index (χ4n) is 1.83. The molecular formula is C13H24N2O. The van der Waals surface area contributed by atoms with Crippen molar-refractivity contribution in [3.63, 3.8) is 0 Å². The number of rotatable bonds is 7. The molecule has 92 valence electrons. The highest BCUT2D eigenvalue weighted by molar-refractivity contribution is 5.85. The zero-order valence-electron chi connectivity index (χ0n) is 11.0. The van der Waals surface area contributed by atoms with E-state index in [1.54, 1.807) is 0 Å². The van der Waals surface area contributed by atoms with Gasteiger partial charge in [0.2, 0.25) is 5.91 Å². The summed E-state index contributed by atoms with van der Waals surface area (Å²) < 4.78 is 0. The van der Waals surface area contributed by atoms with Crippen LogP contribution >= 0.6 is 0 Å².